The van der Waals surface area contributed by atoms with E-state index in [1.165, 1.54) is 31.2 Å². The summed E-state index contributed by atoms with van der Waals surface area (Å²) in [5.74, 6) is 0. The van der Waals surface area contributed by atoms with Gasteiger partial charge < -0.3 is 15.0 Å². The number of rotatable bonds is 5. The van der Waals surface area contributed by atoms with Crippen LogP contribution in [0.2, 0.25) is 0 Å². The van der Waals surface area contributed by atoms with Crippen molar-refractivity contribution in [2.75, 3.05) is 39.8 Å². The van der Waals surface area contributed by atoms with Gasteiger partial charge in [-0.2, -0.15) is 0 Å². The Labute approximate surface area is 128 Å². The lowest BCUT2D eigenvalue weighted by molar-refractivity contribution is 0.0706. The maximum atomic E-state index is 5.80. The zero-order chi connectivity index (χ0) is 14.5. The molecule has 2 aliphatic rings. The Morgan fingerprint density at radius 3 is 2.67 bits per heavy atom. The fourth-order valence-electron chi connectivity index (χ4n) is 3.95. The summed E-state index contributed by atoms with van der Waals surface area (Å²) >= 11 is 0. The van der Waals surface area contributed by atoms with Crippen molar-refractivity contribution < 1.29 is 4.74 Å². The van der Waals surface area contributed by atoms with Gasteiger partial charge in [-0.1, -0.05) is 30.3 Å². The van der Waals surface area contributed by atoms with Crippen LogP contribution in [0.25, 0.3) is 0 Å². The number of nitrogens with zero attached hydrogens (tertiary/aromatic N) is 1. The van der Waals surface area contributed by atoms with Crippen LogP contribution >= 0.6 is 0 Å². The molecule has 1 N–H and O–H groups in total. The first-order chi connectivity index (χ1) is 10.3. The average Bonchev–Trinajstić information content (AvgIpc) is 3.02. The number of hydrogen-bond acceptors (Lipinski definition) is 3. The van der Waals surface area contributed by atoms with E-state index in [0.29, 0.717) is 11.5 Å². The molecule has 2 fully saturated rings. The molecular formula is C18H28N2O. The summed E-state index contributed by atoms with van der Waals surface area (Å²) in [5, 5.41) is 3.51. The molecule has 3 heteroatoms. The smallest absolute Gasteiger partial charge is 0.0702 e. The van der Waals surface area contributed by atoms with Gasteiger partial charge in [0.25, 0.3) is 0 Å². The highest BCUT2D eigenvalue weighted by Gasteiger charge is 2.35. The minimum atomic E-state index is 0.305. The highest BCUT2D eigenvalue weighted by atomic mass is 16.5. The Bertz CT molecular complexity index is 422. The summed E-state index contributed by atoms with van der Waals surface area (Å²) in [7, 11) is 2.26. The molecule has 0 bridgehead atoms. The maximum Gasteiger partial charge on any atom is 0.0702 e. The van der Waals surface area contributed by atoms with Gasteiger partial charge in [-0.05, 0) is 51.4 Å². The Kier molecular flexibility index (Phi) is 4.94. The molecule has 0 spiro atoms. The Morgan fingerprint density at radius 2 is 2.00 bits per heavy atom. The molecule has 0 aromatic heterocycles. The summed E-state index contributed by atoms with van der Waals surface area (Å²) in [6.45, 7) is 5.41. The number of nitrogens with one attached hydrogen (secondary N) is 1. The van der Waals surface area contributed by atoms with E-state index in [4.69, 9.17) is 4.74 Å². The van der Waals surface area contributed by atoms with Gasteiger partial charge in [0.15, 0.2) is 0 Å². The molecule has 116 valence electrons. The highest BCUT2D eigenvalue weighted by molar-refractivity contribution is 5.27. The van der Waals surface area contributed by atoms with Gasteiger partial charge in [-0.3, -0.25) is 0 Å². The largest absolute Gasteiger partial charge is 0.377 e. The molecule has 1 aromatic carbocycles. The van der Waals surface area contributed by atoms with Crippen LogP contribution in [0.15, 0.2) is 30.3 Å². The molecule has 2 heterocycles. The van der Waals surface area contributed by atoms with Crippen molar-refractivity contribution in [1.82, 2.24) is 10.2 Å². The molecule has 1 unspecified atom stereocenters. The second kappa shape index (κ2) is 6.91. The fraction of sp³-hybridized carbons (Fsp3) is 0.667. The quantitative estimate of drug-likeness (QED) is 0.900. The van der Waals surface area contributed by atoms with Crippen LogP contribution in [0.3, 0.4) is 0 Å². The minimum Gasteiger partial charge on any atom is -0.377 e. The van der Waals surface area contributed by atoms with Crippen LogP contribution in [0, 0.1) is 0 Å². The highest BCUT2D eigenvalue weighted by Crippen LogP contribution is 2.34. The van der Waals surface area contributed by atoms with Crippen molar-refractivity contribution in [3.63, 3.8) is 0 Å². The Balaban J connectivity index is 1.70. The third-order valence-corrected chi connectivity index (χ3v) is 5.06. The summed E-state index contributed by atoms with van der Waals surface area (Å²) in [5.41, 5.74) is 1.81. The Morgan fingerprint density at radius 1 is 1.24 bits per heavy atom. The molecule has 0 amide bonds. The van der Waals surface area contributed by atoms with Crippen molar-refractivity contribution in [2.45, 2.75) is 37.2 Å². The third kappa shape index (κ3) is 3.65. The van der Waals surface area contributed by atoms with Crippen LogP contribution in [0.4, 0.5) is 0 Å². The average molecular weight is 288 g/mol. The second-order valence-corrected chi connectivity index (χ2v) is 6.73. The van der Waals surface area contributed by atoms with Crippen LogP contribution in [-0.4, -0.2) is 50.8 Å². The fourth-order valence-corrected chi connectivity index (χ4v) is 3.95. The second-order valence-electron chi connectivity index (χ2n) is 6.73. The van der Waals surface area contributed by atoms with Gasteiger partial charge >= 0.3 is 0 Å². The van der Waals surface area contributed by atoms with E-state index >= 15 is 0 Å². The lowest BCUT2D eigenvalue weighted by Gasteiger charge is -2.41. The first-order valence-corrected chi connectivity index (χ1v) is 8.35. The monoisotopic (exact) mass is 288 g/mol. The van der Waals surface area contributed by atoms with Gasteiger partial charge in [-0.25, -0.2) is 0 Å². The molecule has 0 radical (unpaired) electrons. The van der Waals surface area contributed by atoms with E-state index in [2.05, 4.69) is 47.6 Å². The van der Waals surface area contributed by atoms with E-state index in [9.17, 15) is 0 Å². The van der Waals surface area contributed by atoms with Gasteiger partial charge in [0.1, 0.15) is 0 Å². The van der Waals surface area contributed by atoms with E-state index < -0.39 is 0 Å². The van der Waals surface area contributed by atoms with E-state index in [0.717, 1.165) is 32.8 Å². The van der Waals surface area contributed by atoms with Crippen LogP contribution < -0.4 is 5.32 Å². The molecule has 3 rings (SSSR count). The lowest BCUT2D eigenvalue weighted by Crippen LogP contribution is -2.48. The minimum absolute atomic E-state index is 0.305. The number of piperidine rings is 1. The van der Waals surface area contributed by atoms with Crippen molar-refractivity contribution in [3.8, 4) is 0 Å². The summed E-state index contributed by atoms with van der Waals surface area (Å²) in [4.78, 5) is 2.49. The maximum absolute atomic E-state index is 5.80. The third-order valence-electron chi connectivity index (χ3n) is 5.06. The molecule has 0 saturated carbocycles. The molecule has 1 aromatic rings. The van der Waals surface area contributed by atoms with Crippen molar-refractivity contribution >= 4 is 0 Å². The van der Waals surface area contributed by atoms with Crippen LogP contribution in [-0.2, 0) is 10.2 Å². The summed E-state index contributed by atoms with van der Waals surface area (Å²) < 4.78 is 5.80. The molecule has 0 aliphatic carbocycles. The van der Waals surface area contributed by atoms with Gasteiger partial charge in [-0.15, -0.1) is 0 Å². The van der Waals surface area contributed by atoms with E-state index in [-0.39, 0.29) is 0 Å². The zero-order valence-corrected chi connectivity index (χ0v) is 13.2. The topological polar surface area (TPSA) is 24.5 Å². The predicted molar refractivity (Wildman–Crippen MR) is 86.7 cm³/mol. The van der Waals surface area contributed by atoms with Gasteiger partial charge in [0.05, 0.1) is 6.10 Å². The lowest BCUT2D eigenvalue weighted by atomic mass is 9.73. The molecule has 1 atom stereocenters. The molecule has 21 heavy (non-hydrogen) atoms. The first-order valence-electron chi connectivity index (χ1n) is 8.35. The number of benzene rings is 1. The number of hydrogen-bond donors (Lipinski definition) is 1. The molecule has 3 nitrogen and oxygen atoms in total. The van der Waals surface area contributed by atoms with E-state index in [1.54, 1.807) is 0 Å². The number of ether oxygens (including phenoxy) is 1. The number of likely N-dealkylation sites (N-methyl/N-ethyl adjacent to an activating group) is 1. The van der Waals surface area contributed by atoms with Gasteiger partial charge in [0, 0.05) is 25.1 Å². The SMILES string of the molecule is CN(CC1CCCO1)CC1(c2ccccc2)CCNCC1. The molecule has 2 aliphatic heterocycles. The summed E-state index contributed by atoms with van der Waals surface area (Å²) in [6.07, 6.45) is 5.36. The van der Waals surface area contributed by atoms with Crippen LogP contribution in [0.1, 0.15) is 31.2 Å². The van der Waals surface area contributed by atoms with Crippen molar-refractivity contribution in [2.24, 2.45) is 0 Å². The Hall–Kier alpha value is -0.900. The zero-order valence-electron chi connectivity index (χ0n) is 13.2. The molecule has 2 saturated heterocycles. The standard InChI is InChI=1S/C18H28N2O/c1-20(14-17-8-5-13-21-17)15-18(9-11-19-12-10-18)16-6-3-2-4-7-16/h2-4,6-7,17,19H,5,8-15H2,1H3. The van der Waals surface area contributed by atoms with Crippen LogP contribution in [0.5, 0.6) is 0 Å². The summed E-state index contributed by atoms with van der Waals surface area (Å²) in [6, 6.07) is 11.1. The normalized spacial score (nSPS) is 25.3. The predicted octanol–water partition coefficient (Wildman–Crippen LogP) is 2.42. The first kappa shape index (κ1) is 15.0. The van der Waals surface area contributed by atoms with E-state index in [1.807, 2.05) is 0 Å². The molecular weight excluding hydrogens is 260 g/mol. The van der Waals surface area contributed by atoms with Crippen molar-refractivity contribution in [3.05, 3.63) is 35.9 Å². The van der Waals surface area contributed by atoms with Gasteiger partial charge in [0.2, 0.25) is 0 Å². The van der Waals surface area contributed by atoms with Crippen molar-refractivity contribution in [1.29, 1.82) is 0 Å².